The van der Waals surface area contributed by atoms with Crippen LogP contribution < -0.4 is 5.48 Å². The second kappa shape index (κ2) is 5.36. The molecule has 2 N–H and O–H groups in total. The molecule has 0 bridgehead atoms. The number of rotatable bonds is 4. The van der Waals surface area contributed by atoms with Gasteiger partial charge >= 0.3 is 5.97 Å². The number of methoxy groups -OCH3 is 1. The fourth-order valence-corrected chi connectivity index (χ4v) is 1.26. The summed E-state index contributed by atoms with van der Waals surface area (Å²) in [5, 5.41) is 8.58. The van der Waals surface area contributed by atoms with Crippen LogP contribution in [0.4, 0.5) is 0 Å². The van der Waals surface area contributed by atoms with E-state index < -0.39 is 5.92 Å². The molecule has 1 aromatic rings. The molecule has 0 aliphatic heterocycles. The van der Waals surface area contributed by atoms with Gasteiger partial charge in [0.05, 0.1) is 13.0 Å². The number of hydroxylamine groups is 1. The van der Waals surface area contributed by atoms with Crippen LogP contribution >= 0.6 is 0 Å². The molecule has 0 saturated heterocycles. The van der Waals surface area contributed by atoms with Gasteiger partial charge in [-0.1, -0.05) is 30.3 Å². The van der Waals surface area contributed by atoms with Crippen LogP contribution in [0.25, 0.3) is 0 Å². The molecule has 0 aliphatic rings. The van der Waals surface area contributed by atoms with Gasteiger partial charge in [-0.3, -0.25) is 4.79 Å². The van der Waals surface area contributed by atoms with E-state index in [1.54, 1.807) is 0 Å². The normalized spacial score (nSPS) is 12.1. The first-order valence-corrected chi connectivity index (χ1v) is 4.29. The van der Waals surface area contributed by atoms with Crippen molar-refractivity contribution >= 4 is 5.97 Å². The Hall–Kier alpha value is -1.39. The lowest BCUT2D eigenvalue weighted by atomic mass is 10.00. The SMILES string of the molecule is COC(=O)C(CNO)c1ccccc1. The van der Waals surface area contributed by atoms with Crippen LogP contribution in [-0.4, -0.2) is 24.8 Å². The first-order chi connectivity index (χ1) is 6.79. The maximum atomic E-state index is 11.3. The standard InChI is InChI=1S/C10H13NO3/c1-14-10(12)9(7-11-13)8-5-3-2-4-6-8/h2-6,9,11,13H,7H2,1H3. The number of ether oxygens (including phenoxy) is 1. The van der Waals surface area contributed by atoms with Gasteiger partial charge in [0, 0.05) is 6.54 Å². The number of benzene rings is 1. The average Bonchev–Trinajstić information content (AvgIpc) is 2.26. The first-order valence-electron chi connectivity index (χ1n) is 4.29. The van der Waals surface area contributed by atoms with Crippen molar-refractivity contribution in [3.63, 3.8) is 0 Å². The lowest BCUT2D eigenvalue weighted by Crippen LogP contribution is -2.25. The number of carbonyl (C=O) groups is 1. The minimum atomic E-state index is -0.466. The largest absolute Gasteiger partial charge is 0.469 e. The Bertz CT molecular complexity index is 287. The van der Waals surface area contributed by atoms with E-state index in [1.165, 1.54) is 7.11 Å². The zero-order valence-corrected chi connectivity index (χ0v) is 7.93. The Morgan fingerprint density at radius 2 is 2.14 bits per heavy atom. The molecule has 0 radical (unpaired) electrons. The van der Waals surface area contributed by atoms with Gasteiger partial charge in [-0.25, -0.2) is 5.48 Å². The van der Waals surface area contributed by atoms with Gasteiger partial charge in [-0.2, -0.15) is 0 Å². The highest BCUT2D eigenvalue weighted by atomic mass is 16.5. The fourth-order valence-electron chi connectivity index (χ4n) is 1.26. The van der Waals surface area contributed by atoms with Crippen molar-refractivity contribution in [3.05, 3.63) is 35.9 Å². The molecule has 0 saturated carbocycles. The fraction of sp³-hybridized carbons (Fsp3) is 0.300. The molecule has 76 valence electrons. The Morgan fingerprint density at radius 1 is 1.50 bits per heavy atom. The van der Waals surface area contributed by atoms with Gasteiger partial charge < -0.3 is 9.94 Å². The highest BCUT2D eigenvalue weighted by Gasteiger charge is 2.20. The predicted octanol–water partition coefficient (Wildman–Crippen LogP) is 0.922. The summed E-state index contributed by atoms with van der Waals surface area (Å²) in [4.78, 5) is 11.3. The molecule has 1 unspecified atom stereocenters. The minimum Gasteiger partial charge on any atom is -0.469 e. The Labute approximate surface area is 82.5 Å². The summed E-state index contributed by atoms with van der Waals surface area (Å²) in [6.45, 7) is 0.149. The van der Waals surface area contributed by atoms with Gasteiger partial charge in [0.25, 0.3) is 0 Å². The van der Waals surface area contributed by atoms with Crippen molar-refractivity contribution in [2.75, 3.05) is 13.7 Å². The molecule has 0 heterocycles. The van der Waals surface area contributed by atoms with Crippen LogP contribution in [0.5, 0.6) is 0 Å². The van der Waals surface area contributed by atoms with E-state index in [0.717, 1.165) is 5.56 Å². The average molecular weight is 195 g/mol. The summed E-state index contributed by atoms with van der Waals surface area (Å²) in [5.74, 6) is -0.830. The number of hydrogen-bond acceptors (Lipinski definition) is 4. The summed E-state index contributed by atoms with van der Waals surface area (Å²) in [7, 11) is 1.33. The zero-order valence-electron chi connectivity index (χ0n) is 7.93. The molecule has 14 heavy (non-hydrogen) atoms. The summed E-state index contributed by atoms with van der Waals surface area (Å²) in [6, 6.07) is 9.17. The molecule has 4 heteroatoms. The molecule has 0 amide bonds. The molecular formula is C10H13NO3. The Balaban J connectivity index is 2.83. The molecule has 0 fully saturated rings. The van der Waals surface area contributed by atoms with E-state index in [2.05, 4.69) is 4.74 Å². The third-order valence-electron chi connectivity index (χ3n) is 1.98. The van der Waals surface area contributed by atoms with Crippen LogP contribution in [0, 0.1) is 0 Å². The highest BCUT2D eigenvalue weighted by Crippen LogP contribution is 2.15. The summed E-state index contributed by atoms with van der Waals surface area (Å²) < 4.78 is 4.63. The van der Waals surface area contributed by atoms with E-state index in [0.29, 0.717) is 0 Å². The van der Waals surface area contributed by atoms with Gasteiger partial charge in [-0.05, 0) is 5.56 Å². The summed E-state index contributed by atoms with van der Waals surface area (Å²) >= 11 is 0. The van der Waals surface area contributed by atoms with E-state index in [1.807, 2.05) is 35.8 Å². The van der Waals surface area contributed by atoms with Gasteiger partial charge in [0.2, 0.25) is 0 Å². The molecule has 0 aliphatic carbocycles. The van der Waals surface area contributed by atoms with Crippen LogP contribution in [0.15, 0.2) is 30.3 Å². The molecule has 0 spiro atoms. The van der Waals surface area contributed by atoms with Gasteiger partial charge in [0.15, 0.2) is 0 Å². The third-order valence-corrected chi connectivity index (χ3v) is 1.98. The number of carbonyl (C=O) groups excluding carboxylic acids is 1. The topological polar surface area (TPSA) is 58.6 Å². The summed E-state index contributed by atoms with van der Waals surface area (Å²) in [6.07, 6.45) is 0. The van der Waals surface area contributed by atoms with Crippen molar-refractivity contribution in [1.29, 1.82) is 0 Å². The predicted molar refractivity (Wildman–Crippen MR) is 51.0 cm³/mol. The van der Waals surface area contributed by atoms with Crippen molar-refractivity contribution in [2.24, 2.45) is 0 Å². The van der Waals surface area contributed by atoms with Gasteiger partial charge in [-0.15, -0.1) is 0 Å². The van der Waals surface area contributed by atoms with Crippen LogP contribution in [0.1, 0.15) is 11.5 Å². The van der Waals surface area contributed by atoms with E-state index >= 15 is 0 Å². The van der Waals surface area contributed by atoms with E-state index in [4.69, 9.17) is 5.21 Å². The zero-order chi connectivity index (χ0) is 10.4. The Kier molecular flexibility index (Phi) is 4.10. The second-order valence-electron chi connectivity index (χ2n) is 2.85. The molecule has 4 nitrogen and oxygen atoms in total. The van der Waals surface area contributed by atoms with Gasteiger partial charge in [0.1, 0.15) is 0 Å². The van der Waals surface area contributed by atoms with E-state index in [9.17, 15) is 4.79 Å². The monoisotopic (exact) mass is 195 g/mol. The van der Waals surface area contributed by atoms with Crippen LogP contribution in [0.3, 0.4) is 0 Å². The smallest absolute Gasteiger partial charge is 0.314 e. The van der Waals surface area contributed by atoms with Crippen molar-refractivity contribution < 1.29 is 14.7 Å². The summed E-state index contributed by atoms with van der Waals surface area (Å²) in [5.41, 5.74) is 2.80. The van der Waals surface area contributed by atoms with Crippen molar-refractivity contribution in [3.8, 4) is 0 Å². The lowest BCUT2D eigenvalue weighted by molar-refractivity contribution is -0.142. The molecule has 1 aromatic carbocycles. The molecular weight excluding hydrogens is 182 g/mol. The number of esters is 1. The second-order valence-corrected chi connectivity index (χ2v) is 2.85. The molecule has 0 aromatic heterocycles. The maximum Gasteiger partial charge on any atom is 0.314 e. The third kappa shape index (κ3) is 2.55. The highest BCUT2D eigenvalue weighted by molar-refractivity contribution is 5.78. The quantitative estimate of drug-likeness (QED) is 0.554. The van der Waals surface area contributed by atoms with Crippen LogP contribution in [-0.2, 0) is 9.53 Å². The maximum absolute atomic E-state index is 11.3. The van der Waals surface area contributed by atoms with Crippen molar-refractivity contribution in [2.45, 2.75) is 5.92 Å². The molecule has 1 rings (SSSR count). The molecule has 1 atom stereocenters. The lowest BCUT2D eigenvalue weighted by Gasteiger charge is -2.13. The van der Waals surface area contributed by atoms with Crippen LogP contribution in [0.2, 0.25) is 0 Å². The first kappa shape index (κ1) is 10.7. The van der Waals surface area contributed by atoms with E-state index in [-0.39, 0.29) is 12.5 Å². The van der Waals surface area contributed by atoms with Crippen molar-refractivity contribution in [1.82, 2.24) is 5.48 Å². The number of hydrogen-bond donors (Lipinski definition) is 2. The minimum absolute atomic E-state index is 0.149. The Morgan fingerprint density at radius 3 is 2.64 bits per heavy atom. The number of nitrogens with one attached hydrogen (secondary N) is 1.